The Morgan fingerprint density at radius 2 is 2.12 bits per heavy atom. The molecular formula is C24H36O6S2. The lowest BCUT2D eigenvalue weighted by Crippen LogP contribution is -2.24. The number of thioether (sulfide) groups is 2. The molecule has 1 fully saturated rings. The molecule has 32 heavy (non-hydrogen) atoms. The van der Waals surface area contributed by atoms with E-state index in [-0.39, 0.29) is 22.4 Å². The van der Waals surface area contributed by atoms with Gasteiger partial charge in [-0.3, -0.25) is 9.59 Å². The monoisotopic (exact) mass is 484 g/mol. The highest BCUT2D eigenvalue weighted by Gasteiger charge is 2.39. The second-order valence-electron chi connectivity index (χ2n) is 7.91. The molecule has 180 valence electrons. The average Bonchev–Trinajstić information content (AvgIpc) is 3.20. The fourth-order valence-electron chi connectivity index (χ4n) is 3.67. The predicted molar refractivity (Wildman–Crippen MR) is 131 cm³/mol. The smallest absolute Gasteiger partial charge is 0.305 e. The SMILES string of the molecule is CCCc1c(OCCCSCC2COC(CC)(CCC(=O)OC)S2)ccc(C(C)=O)c1O. The molecule has 0 aromatic heterocycles. The van der Waals surface area contributed by atoms with Gasteiger partial charge in [-0.2, -0.15) is 11.8 Å². The summed E-state index contributed by atoms with van der Waals surface area (Å²) in [6.07, 6.45) is 4.37. The fraction of sp³-hybridized carbons (Fsp3) is 0.667. The van der Waals surface area contributed by atoms with Crippen LogP contribution in [-0.4, -0.2) is 58.9 Å². The quantitative estimate of drug-likeness (QED) is 0.218. The summed E-state index contributed by atoms with van der Waals surface area (Å²) >= 11 is 3.73. The molecule has 2 rings (SSSR count). The molecular weight excluding hydrogens is 448 g/mol. The van der Waals surface area contributed by atoms with Gasteiger partial charge in [0, 0.05) is 23.0 Å². The van der Waals surface area contributed by atoms with E-state index in [2.05, 4.69) is 6.92 Å². The van der Waals surface area contributed by atoms with Gasteiger partial charge in [-0.1, -0.05) is 20.3 Å². The summed E-state index contributed by atoms with van der Waals surface area (Å²) in [6, 6.07) is 3.43. The number of rotatable bonds is 14. The highest BCUT2D eigenvalue weighted by Crippen LogP contribution is 2.44. The summed E-state index contributed by atoms with van der Waals surface area (Å²) in [4.78, 5) is 22.9. The van der Waals surface area contributed by atoms with E-state index in [1.165, 1.54) is 14.0 Å². The third kappa shape index (κ3) is 7.59. The summed E-state index contributed by atoms with van der Waals surface area (Å²) in [7, 11) is 1.42. The molecule has 1 aromatic carbocycles. The summed E-state index contributed by atoms with van der Waals surface area (Å²) in [5, 5.41) is 10.9. The third-order valence-electron chi connectivity index (χ3n) is 5.50. The number of carbonyl (C=O) groups excluding carboxylic acids is 2. The van der Waals surface area contributed by atoms with Gasteiger partial charge in [-0.25, -0.2) is 0 Å². The van der Waals surface area contributed by atoms with E-state index in [9.17, 15) is 14.7 Å². The van der Waals surface area contributed by atoms with Crippen LogP contribution in [0.5, 0.6) is 11.5 Å². The van der Waals surface area contributed by atoms with Crippen molar-refractivity contribution in [3.05, 3.63) is 23.3 Å². The Labute approximate surface area is 200 Å². The Balaban J connectivity index is 1.73. The van der Waals surface area contributed by atoms with Gasteiger partial charge in [0.1, 0.15) is 16.4 Å². The van der Waals surface area contributed by atoms with Crippen molar-refractivity contribution in [2.24, 2.45) is 0 Å². The van der Waals surface area contributed by atoms with E-state index >= 15 is 0 Å². The molecule has 0 saturated carbocycles. The molecule has 2 atom stereocenters. The number of hydrogen-bond acceptors (Lipinski definition) is 8. The van der Waals surface area contributed by atoms with Crippen LogP contribution in [0, 0.1) is 0 Å². The summed E-state index contributed by atoms with van der Waals surface area (Å²) in [5.41, 5.74) is 1.07. The number of carbonyl (C=O) groups is 2. The molecule has 1 N–H and O–H groups in total. The number of hydrogen-bond donors (Lipinski definition) is 1. The first-order valence-electron chi connectivity index (χ1n) is 11.3. The maximum Gasteiger partial charge on any atom is 0.305 e. The number of phenols is 1. The van der Waals surface area contributed by atoms with E-state index in [0.717, 1.165) is 36.3 Å². The zero-order valence-corrected chi connectivity index (χ0v) is 21.2. The molecule has 1 heterocycles. The largest absolute Gasteiger partial charge is 0.507 e. The van der Waals surface area contributed by atoms with E-state index < -0.39 is 0 Å². The average molecular weight is 485 g/mol. The van der Waals surface area contributed by atoms with Crippen molar-refractivity contribution in [2.75, 3.05) is 31.8 Å². The lowest BCUT2D eigenvalue weighted by atomic mass is 10.0. The molecule has 0 radical (unpaired) electrons. The van der Waals surface area contributed by atoms with Gasteiger partial charge in [-0.15, -0.1) is 11.8 Å². The molecule has 1 aliphatic heterocycles. The van der Waals surface area contributed by atoms with Gasteiger partial charge < -0.3 is 19.3 Å². The Morgan fingerprint density at radius 1 is 1.34 bits per heavy atom. The highest BCUT2D eigenvalue weighted by atomic mass is 32.2. The number of ether oxygens (including phenoxy) is 3. The van der Waals surface area contributed by atoms with Crippen molar-refractivity contribution in [3.63, 3.8) is 0 Å². The van der Waals surface area contributed by atoms with Crippen LogP contribution in [0.4, 0.5) is 0 Å². The first-order chi connectivity index (χ1) is 15.4. The number of methoxy groups -OCH3 is 1. The zero-order valence-electron chi connectivity index (χ0n) is 19.6. The van der Waals surface area contributed by atoms with Crippen molar-refractivity contribution in [1.29, 1.82) is 0 Å². The normalized spacial score (nSPS) is 20.3. The summed E-state index contributed by atoms with van der Waals surface area (Å²) in [6.45, 7) is 6.87. The maximum atomic E-state index is 11.7. The molecule has 8 heteroatoms. The predicted octanol–water partition coefficient (Wildman–Crippen LogP) is 5.24. The van der Waals surface area contributed by atoms with Crippen LogP contribution < -0.4 is 4.74 Å². The van der Waals surface area contributed by atoms with E-state index in [0.29, 0.717) is 49.0 Å². The Hall–Kier alpha value is -1.38. The minimum Gasteiger partial charge on any atom is -0.507 e. The van der Waals surface area contributed by atoms with Crippen molar-refractivity contribution in [3.8, 4) is 11.5 Å². The second-order valence-corrected chi connectivity index (χ2v) is 10.7. The van der Waals surface area contributed by atoms with Crippen LogP contribution in [-0.2, 0) is 20.7 Å². The molecule has 1 aliphatic rings. The Morgan fingerprint density at radius 3 is 2.78 bits per heavy atom. The van der Waals surface area contributed by atoms with E-state index in [4.69, 9.17) is 14.2 Å². The van der Waals surface area contributed by atoms with Gasteiger partial charge in [-0.05, 0) is 50.5 Å². The van der Waals surface area contributed by atoms with Gasteiger partial charge in [0.15, 0.2) is 5.78 Å². The van der Waals surface area contributed by atoms with Crippen molar-refractivity contribution < 1.29 is 28.9 Å². The molecule has 0 amide bonds. The fourth-order valence-corrected chi connectivity index (χ4v) is 6.35. The van der Waals surface area contributed by atoms with Crippen molar-refractivity contribution in [1.82, 2.24) is 0 Å². The first kappa shape index (κ1) is 26.9. The highest BCUT2D eigenvalue weighted by molar-refractivity contribution is 8.04. The topological polar surface area (TPSA) is 82.1 Å². The number of ketones is 1. The van der Waals surface area contributed by atoms with Crippen LogP contribution in [0.1, 0.15) is 68.8 Å². The molecule has 6 nitrogen and oxygen atoms in total. The van der Waals surface area contributed by atoms with E-state index in [1.807, 2.05) is 30.4 Å². The van der Waals surface area contributed by atoms with Gasteiger partial charge >= 0.3 is 5.97 Å². The molecule has 1 saturated heterocycles. The number of phenolic OH excluding ortho intramolecular Hbond substituents is 1. The molecule has 2 unspecified atom stereocenters. The van der Waals surface area contributed by atoms with Crippen molar-refractivity contribution >= 4 is 35.3 Å². The number of aromatic hydroxyl groups is 1. The van der Waals surface area contributed by atoms with Crippen LogP contribution in [0.15, 0.2) is 12.1 Å². The molecule has 1 aromatic rings. The lowest BCUT2D eigenvalue weighted by Gasteiger charge is -2.25. The molecule has 0 spiro atoms. The van der Waals surface area contributed by atoms with Crippen LogP contribution in [0.25, 0.3) is 0 Å². The third-order valence-corrected chi connectivity index (χ3v) is 8.61. The van der Waals surface area contributed by atoms with Gasteiger partial charge in [0.2, 0.25) is 0 Å². The van der Waals surface area contributed by atoms with Crippen LogP contribution in [0.3, 0.4) is 0 Å². The minimum atomic E-state index is -0.272. The van der Waals surface area contributed by atoms with Gasteiger partial charge in [0.25, 0.3) is 0 Å². The minimum absolute atomic E-state index is 0.0519. The summed E-state index contributed by atoms with van der Waals surface area (Å²) in [5.74, 6) is 2.35. The van der Waals surface area contributed by atoms with Crippen LogP contribution in [0.2, 0.25) is 0 Å². The second kappa shape index (κ2) is 13.4. The standard InChI is InChI=1S/C24H36O6S2/c1-5-8-20-21(10-9-19(17(3)25)23(20)27)29-13-7-14-31-16-18-15-30-24(6-2,32-18)12-11-22(26)28-4/h9-10,18,27H,5-8,11-16H2,1-4H3. The molecule has 0 bridgehead atoms. The first-order valence-corrected chi connectivity index (χ1v) is 13.3. The summed E-state index contributed by atoms with van der Waals surface area (Å²) < 4.78 is 16.8. The Bertz CT molecular complexity index is 769. The number of esters is 1. The van der Waals surface area contributed by atoms with Crippen molar-refractivity contribution in [2.45, 2.75) is 69.5 Å². The number of benzene rings is 1. The number of Topliss-reactive ketones (excluding diaryl/α,β-unsaturated/α-hetero) is 1. The zero-order chi connectivity index (χ0) is 23.6. The lowest BCUT2D eigenvalue weighted by molar-refractivity contribution is -0.141. The van der Waals surface area contributed by atoms with Crippen LogP contribution >= 0.6 is 23.5 Å². The van der Waals surface area contributed by atoms with E-state index in [1.54, 1.807) is 12.1 Å². The molecule has 0 aliphatic carbocycles. The van der Waals surface area contributed by atoms with Gasteiger partial charge in [0.05, 0.1) is 25.9 Å². The maximum absolute atomic E-state index is 11.7. The Kier molecular flexibility index (Phi) is 11.2.